The molecule has 0 atom stereocenters. The van der Waals surface area contributed by atoms with E-state index < -0.39 is 5.82 Å². The van der Waals surface area contributed by atoms with Gasteiger partial charge in [-0.05, 0) is 12.1 Å². The molecule has 0 unspecified atom stereocenters. The zero-order valence-electron chi connectivity index (χ0n) is 8.55. The summed E-state index contributed by atoms with van der Waals surface area (Å²) in [6.07, 6.45) is 3.98. The van der Waals surface area contributed by atoms with Crippen molar-refractivity contribution in [2.24, 2.45) is 7.05 Å². The molecule has 2 aromatic rings. The fraction of sp³-hybridized carbons (Fsp3) is 0.0909. The van der Waals surface area contributed by atoms with E-state index in [9.17, 15) is 9.18 Å². The van der Waals surface area contributed by atoms with E-state index in [4.69, 9.17) is 0 Å². The molecule has 0 aliphatic carbocycles. The molecule has 0 saturated heterocycles. The number of hydrogen-bond donors (Lipinski definition) is 0. The van der Waals surface area contributed by atoms with Crippen LogP contribution in [0.25, 0.3) is 0 Å². The maximum absolute atomic E-state index is 13.3. The van der Waals surface area contributed by atoms with Crippen LogP contribution in [0, 0.1) is 5.82 Å². The van der Waals surface area contributed by atoms with Crippen molar-refractivity contribution in [1.82, 2.24) is 9.55 Å². The topological polar surface area (TPSA) is 34.9 Å². The summed E-state index contributed by atoms with van der Waals surface area (Å²) < 4.78 is 15.1. The molecule has 0 bridgehead atoms. The van der Waals surface area contributed by atoms with E-state index in [-0.39, 0.29) is 5.56 Å². The van der Waals surface area contributed by atoms with E-state index >= 15 is 0 Å². The SMILES string of the molecule is Cn1ccnc1Sc1cccc(F)c1C=O. The second-order valence-electron chi connectivity index (χ2n) is 3.19. The van der Waals surface area contributed by atoms with E-state index in [2.05, 4.69) is 4.98 Å². The molecule has 0 saturated carbocycles. The predicted molar refractivity (Wildman–Crippen MR) is 59.1 cm³/mol. The van der Waals surface area contributed by atoms with Crippen LogP contribution in [0.4, 0.5) is 4.39 Å². The Morgan fingerprint density at radius 1 is 1.50 bits per heavy atom. The van der Waals surface area contributed by atoms with Gasteiger partial charge in [0.05, 0.1) is 5.56 Å². The third kappa shape index (κ3) is 1.99. The van der Waals surface area contributed by atoms with Gasteiger partial charge in [-0.25, -0.2) is 9.37 Å². The molecule has 16 heavy (non-hydrogen) atoms. The lowest BCUT2D eigenvalue weighted by Crippen LogP contribution is -1.93. The van der Waals surface area contributed by atoms with Gasteiger partial charge < -0.3 is 4.57 Å². The van der Waals surface area contributed by atoms with Crippen molar-refractivity contribution < 1.29 is 9.18 Å². The summed E-state index contributed by atoms with van der Waals surface area (Å²) in [4.78, 5) is 15.5. The highest BCUT2D eigenvalue weighted by atomic mass is 32.2. The van der Waals surface area contributed by atoms with Crippen LogP contribution >= 0.6 is 11.8 Å². The van der Waals surface area contributed by atoms with E-state index in [0.717, 1.165) is 0 Å². The van der Waals surface area contributed by atoms with Crippen LogP contribution in [0.1, 0.15) is 10.4 Å². The molecule has 0 spiro atoms. The molecule has 0 amide bonds. The van der Waals surface area contributed by atoms with Gasteiger partial charge in [-0.1, -0.05) is 17.8 Å². The van der Waals surface area contributed by atoms with Crippen LogP contribution < -0.4 is 0 Å². The lowest BCUT2D eigenvalue weighted by atomic mass is 10.2. The van der Waals surface area contributed by atoms with E-state index in [1.807, 2.05) is 11.6 Å². The molecule has 0 radical (unpaired) electrons. The van der Waals surface area contributed by atoms with Crippen LogP contribution in [-0.2, 0) is 7.05 Å². The maximum atomic E-state index is 13.3. The lowest BCUT2D eigenvalue weighted by Gasteiger charge is -2.04. The third-order valence-electron chi connectivity index (χ3n) is 2.11. The van der Waals surface area contributed by atoms with Gasteiger partial charge in [-0.2, -0.15) is 0 Å². The normalized spacial score (nSPS) is 10.4. The Balaban J connectivity index is 2.38. The second-order valence-corrected chi connectivity index (χ2v) is 4.20. The first-order valence-corrected chi connectivity index (χ1v) is 5.43. The maximum Gasteiger partial charge on any atom is 0.172 e. The van der Waals surface area contributed by atoms with Crippen LogP contribution in [0.15, 0.2) is 40.6 Å². The molecule has 3 nitrogen and oxygen atoms in total. The highest BCUT2D eigenvalue weighted by Crippen LogP contribution is 2.29. The minimum absolute atomic E-state index is 0.0792. The first-order valence-electron chi connectivity index (χ1n) is 4.61. The minimum atomic E-state index is -0.505. The zero-order valence-corrected chi connectivity index (χ0v) is 9.37. The molecule has 1 aromatic carbocycles. The molecule has 0 N–H and O–H groups in total. The molecule has 1 heterocycles. The highest BCUT2D eigenvalue weighted by molar-refractivity contribution is 7.99. The number of aromatic nitrogens is 2. The summed E-state index contributed by atoms with van der Waals surface area (Å²) >= 11 is 1.27. The predicted octanol–water partition coefficient (Wildman–Crippen LogP) is 2.52. The summed E-state index contributed by atoms with van der Waals surface area (Å²) in [6, 6.07) is 4.55. The Kier molecular flexibility index (Phi) is 3.05. The van der Waals surface area contributed by atoms with Crippen molar-refractivity contribution >= 4 is 18.0 Å². The number of imidazole rings is 1. The van der Waals surface area contributed by atoms with Gasteiger partial charge in [0, 0.05) is 24.3 Å². The summed E-state index contributed by atoms with van der Waals surface area (Å²) in [6.45, 7) is 0. The quantitative estimate of drug-likeness (QED) is 0.768. The molecule has 2 rings (SSSR count). The van der Waals surface area contributed by atoms with Crippen molar-refractivity contribution in [3.8, 4) is 0 Å². The fourth-order valence-corrected chi connectivity index (χ4v) is 2.19. The molecule has 0 aliphatic heterocycles. The molecule has 1 aromatic heterocycles. The largest absolute Gasteiger partial charge is 0.329 e. The van der Waals surface area contributed by atoms with E-state index in [0.29, 0.717) is 16.3 Å². The smallest absolute Gasteiger partial charge is 0.172 e. The fourth-order valence-electron chi connectivity index (χ4n) is 1.27. The number of carbonyl (C=O) groups is 1. The standard InChI is InChI=1S/C11H9FN2OS/c1-14-6-5-13-11(14)16-10-4-2-3-9(12)8(10)7-15/h2-7H,1H3. The zero-order chi connectivity index (χ0) is 11.5. The van der Waals surface area contributed by atoms with Crippen molar-refractivity contribution in [2.45, 2.75) is 10.1 Å². The van der Waals surface area contributed by atoms with Gasteiger partial charge in [0.15, 0.2) is 11.4 Å². The molecule has 5 heteroatoms. The average Bonchev–Trinajstić information content (AvgIpc) is 2.65. The van der Waals surface area contributed by atoms with E-state index in [1.165, 1.54) is 17.8 Å². The summed E-state index contributed by atoms with van der Waals surface area (Å²) in [5, 5.41) is 0.716. The van der Waals surface area contributed by atoms with Crippen molar-refractivity contribution in [3.05, 3.63) is 42.0 Å². The number of carbonyl (C=O) groups excluding carboxylic acids is 1. The van der Waals surface area contributed by atoms with Gasteiger partial charge in [0.25, 0.3) is 0 Å². The average molecular weight is 236 g/mol. The Bertz CT molecular complexity index is 524. The van der Waals surface area contributed by atoms with Crippen molar-refractivity contribution in [1.29, 1.82) is 0 Å². The number of aldehydes is 1. The number of rotatable bonds is 3. The first-order chi connectivity index (χ1) is 7.72. The van der Waals surface area contributed by atoms with Crippen molar-refractivity contribution in [3.63, 3.8) is 0 Å². The molecule has 0 fully saturated rings. The Morgan fingerprint density at radius 2 is 2.31 bits per heavy atom. The number of halogens is 1. The molecular formula is C11H9FN2OS. The summed E-state index contributed by atoms with van der Waals surface area (Å²) in [7, 11) is 1.84. The van der Waals surface area contributed by atoms with Crippen LogP contribution in [-0.4, -0.2) is 15.8 Å². The van der Waals surface area contributed by atoms with Crippen LogP contribution in [0.5, 0.6) is 0 Å². The van der Waals surface area contributed by atoms with E-state index in [1.54, 1.807) is 24.5 Å². The van der Waals surface area contributed by atoms with Gasteiger partial charge in [0.2, 0.25) is 0 Å². The number of nitrogens with zero attached hydrogens (tertiary/aromatic N) is 2. The summed E-state index contributed by atoms with van der Waals surface area (Å²) in [5.74, 6) is -0.505. The van der Waals surface area contributed by atoms with Gasteiger partial charge >= 0.3 is 0 Å². The first kappa shape index (κ1) is 10.9. The number of hydrogen-bond acceptors (Lipinski definition) is 3. The monoisotopic (exact) mass is 236 g/mol. The minimum Gasteiger partial charge on any atom is -0.329 e. The lowest BCUT2D eigenvalue weighted by molar-refractivity contribution is 0.111. The number of benzene rings is 1. The molecular weight excluding hydrogens is 227 g/mol. The van der Waals surface area contributed by atoms with Crippen molar-refractivity contribution in [2.75, 3.05) is 0 Å². The summed E-state index contributed by atoms with van der Waals surface area (Å²) in [5.41, 5.74) is 0.0792. The molecule has 82 valence electrons. The van der Waals surface area contributed by atoms with Gasteiger partial charge in [0.1, 0.15) is 5.82 Å². The highest BCUT2D eigenvalue weighted by Gasteiger charge is 2.10. The van der Waals surface area contributed by atoms with Gasteiger partial charge in [-0.3, -0.25) is 4.79 Å². The Labute approximate surface area is 96.3 Å². The Morgan fingerprint density at radius 3 is 2.94 bits per heavy atom. The van der Waals surface area contributed by atoms with Gasteiger partial charge in [-0.15, -0.1) is 0 Å². The van der Waals surface area contributed by atoms with Crippen LogP contribution in [0.2, 0.25) is 0 Å². The number of aryl methyl sites for hydroxylation is 1. The second kappa shape index (κ2) is 4.49. The third-order valence-corrected chi connectivity index (χ3v) is 3.26. The Hall–Kier alpha value is -1.62. The molecule has 0 aliphatic rings. The van der Waals surface area contributed by atoms with Crippen LogP contribution in [0.3, 0.4) is 0 Å².